The highest BCUT2D eigenvalue weighted by Gasteiger charge is 2.25. The van der Waals surface area contributed by atoms with E-state index in [0.29, 0.717) is 17.4 Å². The minimum atomic E-state index is -0.185. The van der Waals surface area contributed by atoms with Gasteiger partial charge in [0.1, 0.15) is 6.33 Å². The molecule has 1 N–H and O–H groups in total. The molecule has 0 saturated heterocycles. The maximum atomic E-state index is 12.0. The van der Waals surface area contributed by atoms with Crippen molar-refractivity contribution < 1.29 is 4.79 Å². The number of amides is 1. The van der Waals surface area contributed by atoms with E-state index in [1.54, 1.807) is 23.9 Å². The second kappa shape index (κ2) is 4.21. The van der Waals surface area contributed by atoms with Crippen molar-refractivity contribution in [1.82, 2.24) is 19.7 Å². The van der Waals surface area contributed by atoms with Gasteiger partial charge in [-0.25, -0.2) is 0 Å². The van der Waals surface area contributed by atoms with Crippen LogP contribution in [0.3, 0.4) is 0 Å². The number of nitrogens with one attached hydrogen (secondary N) is 1. The van der Waals surface area contributed by atoms with Crippen LogP contribution in [-0.4, -0.2) is 25.7 Å². The number of hydrogen-bond acceptors (Lipinski definition) is 4. The van der Waals surface area contributed by atoms with Crippen molar-refractivity contribution in [2.24, 2.45) is 7.05 Å². The van der Waals surface area contributed by atoms with E-state index in [2.05, 4.69) is 20.5 Å². The second-order valence-corrected chi connectivity index (χ2v) is 4.46. The molecule has 1 saturated carbocycles. The van der Waals surface area contributed by atoms with Crippen LogP contribution in [0.4, 0.5) is 5.95 Å². The number of aryl methyl sites for hydroxylation is 1. The van der Waals surface area contributed by atoms with Gasteiger partial charge in [-0.1, -0.05) is 0 Å². The standard InChI is InChI=1S/C12H13N5O/c1-17-7-14-16-12(17)15-11(18)9-4-5-13-10(6-9)8-2-3-8/h4-8H,2-3H2,1H3,(H,15,16,18). The summed E-state index contributed by atoms with van der Waals surface area (Å²) >= 11 is 0. The number of carbonyl (C=O) groups is 1. The van der Waals surface area contributed by atoms with Crippen molar-refractivity contribution in [3.8, 4) is 0 Å². The van der Waals surface area contributed by atoms with E-state index in [1.807, 2.05) is 6.07 Å². The summed E-state index contributed by atoms with van der Waals surface area (Å²) < 4.78 is 1.65. The third-order valence-corrected chi connectivity index (χ3v) is 2.98. The van der Waals surface area contributed by atoms with E-state index in [0.717, 1.165) is 5.69 Å². The van der Waals surface area contributed by atoms with Gasteiger partial charge < -0.3 is 4.57 Å². The van der Waals surface area contributed by atoms with Crippen LogP contribution in [0.15, 0.2) is 24.7 Å². The Labute approximate surface area is 104 Å². The molecule has 1 aliphatic carbocycles. The monoisotopic (exact) mass is 243 g/mol. The SMILES string of the molecule is Cn1cnnc1NC(=O)c1ccnc(C2CC2)c1. The third kappa shape index (κ3) is 2.09. The zero-order valence-corrected chi connectivity index (χ0v) is 10.00. The van der Waals surface area contributed by atoms with Crippen LogP contribution in [0, 0.1) is 0 Å². The maximum absolute atomic E-state index is 12.0. The zero-order chi connectivity index (χ0) is 12.5. The molecular formula is C12H13N5O. The number of nitrogens with zero attached hydrogens (tertiary/aromatic N) is 4. The van der Waals surface area contributed by atoms with Crippen molar-refractivity contribution in [3.63, 3.8) is 0 Å². The lowest BCUT2D eigenvalue weighted by atomic mass is 10.2. The molecule has 3 rings (SSSR count). The van der Waals surface area contributed by atoms with E-state index in [4.69, 9.17) is 0 Å². The third-order valence-electron chi connectivity index (χ3n) is 2.98. The van der Waals surface area contributed by atoms with Crippen LogP contribution in [-0.2, 0) is 7.05 Å². The van der Waals surface area contributed by atoms with Gasteiger partial charge in [-0.05, 0) is 25.0 Å². The average molecular weight is 243 g/mol. The van der Waals surface area contributed by atoms with E-state index >= 15 is 0 Å². The quantitative estimate of drug-likeness (QED) is 0.882. The summed E-state index contributed by atoms with van der Waals surface area (Å²) in [5.74, 6) is 0.785. The molecule has 92 valence electrons. The lowest BCUT2D eigenvalue weighted by molar-refractivity contribution is 0.102. The predicted octanol–water partition coefficient (Wildman–Crippen LogP) is 1.34. The van der Waals surface area contributed by atoms with Crippen LogP contribution in [0.2, 0.25) is 0 Å². The summed E-state index contributed by atoms with van der Waals surface area (Å²) in [6, 6.07) is 3.56. The Morgan fingerprint density at radius 2 is 2.33 bits per heavy atom. The lowest BCUT2D eigenvalue weighted by Crippen LogP contribution is -2.15. The number of aromatic nitrogens is 4. The van der Waals surface area contributed by atoms with Gasteiger partial charge in [-0.15, -0.1) is 10.2 Å². The van der Waals surface area contributed by atoms with Gasteiger partial charge >= 0.3 is 0 Å². The van der Waals surface area contributed by atoms with Gasteiger partial charge in [0.25, 0.3) is 5.91 Å². The summed E-state index contributed by atoms with van der Waals surface area (Å²) in [7, 11) is 1.78. The first kappa shape index (κ1) is 10.9. The highest BCUT2D eigenvalue weighted by atomic mass is 16.1. The molecule has 18 heavy (non-hydrogen) atoms. The van der Waals surface area contributed by atoms with Crippen molar-refractivity contribution in [2.75, 3.05) is 5.32 Å². The summed E-state index contributed by atoms with van der Waals surface area (Å²) in [5.41, 5.74) is 1.61. The molecule has 0 radical (unpaired) electrons. The molecule has 2 heterocycles. The Morgan fingerprint density at radius 3 is 3.00 bits per heavy atom. The number of anilines is 1. The second-order valence-electron chi connectivity index (χ2n) is 4.46. The fourth-order valence-electron chi connectivity index (χ4n) is 1.76. The molecule has 0 spiro atoms. The Morgan fingerprint density at radius 1 is 1.50 bits per heavy atom. The maximum Gasteiger partial charge on any atom is 0.258 e. The van der Waals surface area contributed by atoms with Crippen LogP contribution in [0.5, 0.6) is 0 Å². The highest BCUT2D eigenvalue weighted by Crippen LogP contribution is 2.38. The first-order valence-electron chi connectivity index (χ1n) is 5.85. The first-order chi connectivity index (χ1) is 8.74. The van der Waals surface area contributed by atoms with Crippen LogP contribution >= 0.6 is 0 Å². The molecule has 0 unspecified atom stereocenters. The van der Waals surface area contributed by atoms with Gasteiger partial charge in [0.15, 0.2) is 0 Å². The minimum absolute atomic E-state index is 0.185. The van der Waals surface area contributed by atoms with Gasteiger partial charge in [-0.3, -0.25) is 15.1 Å². The normalized spacial score (nSPS) is 14.5. The van der Waals surface area contributed by atoms with E-state index in [1.165, 1.54) is 19.2 Å². The van der Waals surface area contributed by atoms with E-state index in [9.17, 15) is 4.79 Å². The summed E-state index contributed by atoms with van der Waals surface area (Å²) in [6.07, 6.45) is 5.56. The molecule has 0 atom stereocenters. The Bertz CT molecular complexity index is 588. The number of pyridine rings is 1. The average Bonchev–Trinajstić information content (AvgIpc) is 3.16. The van der Waals surface area contributed by atoms with Gasteiger partial charge in [0.05, 0.1) is 0 Å². The molecule has 0 aromatic carbocycles. The lowest BCUT2D eigenvalue weighted by Gasteiger charge is -2.05. The molecule has 0 aliphatic heterocycles. The molecule has 2 aromatic heterocycles. The van der Waals surface area contributed by atoms with Gasteiger partial charge in [0.2, 0.25) is 5.95 Å². The minimum Gasteiger partial charge on any atom is -0.303 e. The molecular weight excluding hydrogens is 230 g/mol. The molecule has 1 aliphatic rings. The van der Waals surface area contributed by atoms with Crippen molar-refractivity contribution in [3.05, 3.63) is 35.9 Å². The molecule has 1 fully saturated rings. The Kier molecular flexibility index (Phi) is 2.55. The topological polar surface area (TPSA) is 72.7 Å². The fourth-order valence-corrected chi connectivity index (χ4v) is 1.76. The first-order valence-corrected chi connectivity index (χ1v) is 5.85. The van der Waals surface area contributed by atoms with E-state index < -0.39 is 0 Å². The van der Waals surface area contributed by atoms with Crippen molar-refractivity contribution in [1.29, 1.82) is 0 Å². The van der Waals surface area contributed by atoms with Crippen molar-refractivity contribution in [2.45, 2.75) is 18.8 Å². The summed E-state index contributed by atoms with van der Waals surface area (Å²) in [5, 5.41) is 10.2. The smallest absolute Gasteiger partial charge is 0.258 e. The van der Waals surface area contributed by atoms with Gasteiger partial charge in [-0.2, -0.15) is 0 Å². The fraction of sp³-hybridized carbons (Fsp3) is 0.333. The van der Waals surface area contributed by atoms with Crippen LogP contribution in [0.25, 0.3) is 0 Å². The Hall–Kier alpha value is -2.24. The van der Waals surface area contributed by atoms with E-state index in [-0.39, 0.29) is 5.91 Å². The van der Waals surface area contributed by atoms with Crippen molar-refractivity contribution >= 4 is 11.9 Å². The molecule has 6 heteroatoms. The molecule has 2 aromatic rings. The van der Waals surface area contributed by atoms with Crippen LogP contribution in [0.1, 0.15) is 34.8 Å². The molecule has 0 bridgehead atoms. The highest BCUT2D eigenvalue weighted by molar-refractivity contribution is 6.03. The summed E-state index contributed by atoms with van der Waals surface area (Å²) in [4.78, 5) is 16.3. The molecule has 6 nitrogen and oxygen atoms in total. The number of rotatable bonds is 3. The zero-order valence-electron chi connectivity index (χ0n) is 10.00. The number of carbonyl (C=O) groups excluding carboxylic acids is 1. The number of hydrogen-bond donors (Lipinski definition) is 1. The van der Waals surface area contributed by atoms with Gasteiger partial charge in [0, 0.05) is 30.4 Å². The largest absolute Gasteiger partial charge is 0.303 e. The van der Waals surface area contributed by atoms with Crippen LogP contribution < -0.4 is 5.32 Å². The molecule has 1 amide bonds. The predicted molar refractivity (Wildman–Crippen MR) is 65.2 cm³/mol. The summed E-state index contributed by atoms with van der Waals surface area (Å²) in [6.45, 7) is 0. The Balaban J connectivity index is 1.79.